The summed E-state index contributed by atoms with van der Waals surface area (Å²) in [5.74, 6) is 0.0975. The number of imidazole rings is 1. The number of amides is 2. The summed E-state index contributed by atoms with van der Waals surface area (Å²) in [7, 11) is 0. The minimum absolute atomic E-state index is 0.0403. The third kappa shape index (κ3) is 3.80. The molecular formula is C23H26N4O3S. The summed E-state index contributed by atoms with van der Waals surface area (Å²) in [6.07, 6.45) is 3.45. The van der Waals surface area contributed by atoms with Gasteiger partial charge in [-0.05, 0) is 49.3 Å². The molecule has 2 saturated heterocycles. The number of likely N-dealkylation sites (tertiary alicyclic amines) is 2. The molecule has 8 heteroatoms. The molecule has 2 amide bonds. The van der Waals surface area contributed by atoms with Gasteiger partial charge in [0.25, 0.3) is 0 Å². The number of aromatic amines is 1. The zero-order chi connectivity index (χ0) is 21.4. The largest absolute Gasteiger partial charge is 0.341 e. The third-order valence-corrected chi connectivity index (χ3v) is 7.41. The molecule has 1 atom stereocenters. The maximum absolute atomic E-state index is 13.3. The van der Waals surface area contributed by atoms with Gasteiger partial charge in [0.15, 0.2) is 0 Å². The Labute approximate surface area is 184 Å². The Morgan fingerprint density at radius 1 is 1.03 bits per heavy atom. The second kappa shape index (κ2) is 8.34. The van der Waals surface area contributed by atoms with Crippen molar-refractivity contribution in [3.63, 3.8) is 0 Å². The van der Waals surface area contributed by atoms with Gasteiger partial charge in [0, 0.05) is 30.6 Å². The Morgan fingerprint density at radius 3 is 2.61 bits per heavy atom. The Balaban J connectivity index is 1.25. The van der Waals surface area contributed by atoms with E-state index in [2.05, 4.69) is 4.98 Å². The molecular weight excluding hydrogens is 412 g/mol. The molecule has 1 aromatic carbocycles. The van der Waals surface area contributed by atoms with E-state index < -0.39 is 0 Å². The predicted octanol–water partition coefficient (Wildman–Crippen LogP) is 2.79. The molecule has 0 bridgehead atoms. The molecule has 0 aliphatic carbocycles. The average molecular weight is 439 g/mol. The van der Waals surface area contributed by atoms with Crippen molar-refractivity contribution in [1.82, 2.24) is 19.4 Å². The predicted molar refractivity (Wildman–Crippen MR) is 120 cm³/mol. The molecule has 162 valence electrons. The van der Waals surface area contributed by atoms with Crippen LogP contribution in [0.3, 0.4) is 0 Å². The number of nitrogens with one attached hydrogen (secondary N) is 1. The SMILES string of the molecule is O=C(C1CCCN1C(=O)Cc1cccs1)N1CCC(n2c(=O)[nH]c3ccccc32)CC1. The van der Waals surface area contributed by atoms with Crippen LogP contribution < -0.4 is 5.69 Å². The normalized spacial score (nSPS) is 19.9. The monoisotopic (exact) mass is 438 g/mol. The van der Waals surface area contributed by atoms with Gasteiger partial charge in [-0.15, -0.1) is 11.3 Å². The highest BCUT2D eigenvalue weighted by molar-refractivity contribution is 7.10. The van der Waals surface area contributed by atoms with Gasteiger partial charge in [-0.25, -0.2) is 4.79 Å². The summed E-state index contributed by atoms with van der Waals surface area (Å²) in [5.41, 5.74) is 1.67. The minimum atomic E-state index is -0.347. The van der Waals surface area contributed by atoms with Crippen molar-refractivity contribution in [3.8, 4) is 0 Å². The van der Waals surface area contributed by atoms with Crippen LogP contribution in [0.15, 0.2) is 46.6 Å². The molecule has 5 rings (SSSR count). The van der Waals surface area contributed by atoms with Crippen LogP contribution in [0.25, 0.3) is 11.0 Å². The molecule has 1 unspecified atom stereocenters. The molecule has 0 spiro atoms. The van der Waals surface area contributed by atoms with Crippen LogP contribution in [-0.2, 0) is 16.0 Å². The first-order valence-electron chi connectivity index (χ1n) is 10.9. The number of H-pyrrole nitrogens is 1. The van der Waals surface area contributed by atoms with Crippen molar-refractivity contribution < 1.29 is 9.59 Å². The van der Waals surface area contributed by atoms with Gasteiger partial charge in [0.2, 0.25) is 11.8 Å². The third-order valence-electron chi connectivity index (χ3n) is 6.53. The van der Waals surface area contributed by atoms with Crippen molar-refractivity contribution in [2.45, 2.75) is 44.2 Å². The minimum Gasteiger partial charge on any atom is -0.341 e. The second-order valence-corrected chi connectivity index (χ2v) is 9.41. The van der Waals surface area contributed by atoms with E-state index in [0.717, 1.165) is 41.6 Å². The number of aromatic nitrogens is 2. The summed E-state index contributed by atoms with van der Waals surface area (Å²) in [6, 6.07) is 11.4. The van der Waals surface area contributed by atoms with Crippen molar-refractivity contribution in [1.29, 1.82) is 0 Å². The van der Waals surface area contributed by atoms with Crippen LogP contribution >= 0.6 is 11.3 Å². The first-order valence-corrected chi connectivity index (χ1v) is 11.8. The Morgan fingerprint density at radius 2 is 1.84 bits per heavy atom. The Kier molecular flexibility index (Phi) is 5.40. The second-order valence-electron chi connectivity index (χ2n) is 8.38. The smallest absolute Gasteiger partial charge is 0.326 e. The number of nitrogens with zero attached hydrogens (tertiary/aromatic N) is 3. The topological polar surface area (TPSA) is 78.4 Å². The van der Waals surface area contributed by atoms with E-state index in [4.69, 9.17) is 0 Å². The lowest BCUT2D eigenvalue weighted by molar-refractivity contribution is -0.144. The van der Waals surface area contributed by atoms with Crippen LogP contribution in [0, 0.1) is 0 Å². The van der Waals surface area contributed by atoms with E-state index in [0.29, 0.717) is 26.1 Å². The fourth-order valence-electron chi connectivity index (χ4n) is 4.98. The number of thiophene rings is 1. The van der Waals surface area contributed by atoms with Crippen molar-refractivity contribution >= 4 is 34.2 Å². The molecule has 0 saturated carbocycles. The van der Waals surface area contributed by atoms with Crippen LogP contribution in [0.5, 0.6) is 0 Å². The first-order chi connectivity index (χ1) is 15.1. The van der Waals surface area contributed by atoms with Crippen molar-refractivity contribution in [2.24, 2.45) is 0 Å². The zero-order valence-electron chi connectivity index (χ0n) is 17.3. The fourth-order valence-corrected chi connectivity index (χ4v) is 5.67. The van der Waals surface area contributed by atoms with Gasteiger partial charge in [0.05, 0.1) is 17.5 Å². The van der Waals surface area contributed by atoms with E-state index in [1.165, 1.54) is 0 Å². The van der Waals surface area contributed by atoms with Gasteiger partial charge in [-0.2, -0.15) is 0 Å². The quantitative estimate of drug-likeness (QED) is 0.680. The van der Waals surface area contributed by atoms with Crippen molar-refractivity contribution in [3.05, 3.63) is 57.1 Å². The number of carbonyl (C=O) groups is 2. The molecule has 2 aliphatic heterocycles. The van der Waals surface area contributed by atoms with Gasteiger partial charge in [0.1, 0.15) is 6.04 Å². The molecule has 1 N–H and O–H groups in total. The number of fused-ring (bicyclic) bond motifs is 1. The average Bonchev–Trinajstić information content (AvgIpc) is 3.52. The highest BCUT2D eigenvalue weighted by Gasteiger charge is 2.37. The van der Waals surface area contributed by atoms with E-state index in [1.54, 1.807) is 16.2 Å². The fraction of sp³-hybridized carbons (Fsp3) is 0.435. The number of para-hydroxylation sites is 2. The Hall–Kier alpha value is -2.87. The van der Waals surface area contributed by atoms with Gasteiger partial charge >= 0.3 is 5.69 Å². The number of hydrogen-bond donors (Lipinski definition) is 1. The lowest BCUT2D eigenvalue weighted by Crippen LogP contribution is -2.50. The molecule has 2 aromatic heterocycles. The number of hydrogen-bond acceptors (Lipinski definition) is 4. The van der Waals surface area contributed by atoms with E-state index in [-0.39, 0.29) is 29.6 Å². The van der Waals surface area contributed by atoms with E-state index in [9.17, 15) is 14.4 Å². The summed E-state index contributed by atoms with van der Waals surface area (Å²) < 4.78 is 1.84. The highest BCUT2D eigenvalue weighted by atomic mass is 32.1. The van der Waals surface area contributed by atoms with Crippen LogP contribution in [0.2, 0.25) is 0 Å². The summed E-state index contributed by atoms with van der Waals surface area (Å²) in [5, 5.41) is 1.97. The number of rotatable bonds is 4. The number of piperidine rings is 1. The maximum Gasteiger partial charge on any atom is 0.326 e. The molecule has 3 aromatic rings. The number of carbonyl (C=O) groups excluding carboxylic acids is 2. The van der Waals surface area contributed by atoms with E-state index >= 15 is 0 Å². The molecule has 2 aliphatic rings. The number of benzene rings is 1. The molecule has 0 radical (unpaired) electrons. The van der Waals surface area contributed by atoms with Crippen LogP contribution in [0.4, 0.5) is 0 Å². The lowest BCUT2D eigenvalue weighted by atomic mass is 10.0. The molecule has 2 fully saturated rings. The Bertz CT molecular complexity index is 1140. The van der Waals surface area contributed by atoms with Crippen LogP contribution in [0.1, 0.15) is 36.6 Å². The standard InChI is InChI=1S/C23H26N4O3S/c28-21(15-17-5-4-14-31-17)26-11-3-8-20(26)22(29)25-12-9-16(10-13-25)27-19-7-2-1-6-18(19)24-23(27)30/h1-2,4-7,14,16,20H,3,8-13,15H2,(H,24,30). The van der Waals surface area contributed by atoms with Gasteiger partial charge < -0.3 is 14.8 Å². The van der Waals surface area contributed by atoms with Crippen molar-refractivity contribution in [2.75, 3.05) is 19.6 Å². The molecule has 4 heterocycles. The highest BCUT2D eigenvalue weighted by Crippen LogP contribution is 2.27. The first kappa shape index (κ1) is 20.1. The molecule has 31 heavy (non-hydrogen) atoms. The maximum atomic E-state index is 13.3. The zero-order valence-corrected chi connectivity index (χ0v) is 18.1. The van der Waals surface area contributed by atoms with Gasteiger partial charge in [-0.1, -0.05) is 18.2 Å². The van der Waals surface area contributed by atoms with Crippen LogP contribution in [-0.4, -0.2) is 56.8 Å². The lowest BCUT2D eigenvalue weighted by Gasteiger charge is -2.35. The summed E-state index contributed by atoms with van der Waals surface area (Å²) >= 11 is 1.58. The molecule has 7 nitrogen and oxygen atoms in total. The van der Waals surface area contributed by atoms with Gasteiger partial charge in [-0.3, -0.25) is 14.2 Å². The summed E-state index contributed by atoms with van der Waals surface area (Å²) in [6.45, 7) is 1.87. The van der Waals surface area contributed by atoms with E-state index in [1.807, 2.05) is 51.2 Å². The summed E-state index contributed by atoms with van der Waals surface area (Å²) in [4.78, 5) is 46.2.